The molecule has 0 aromatic rings. The summed E-state index contributed by atoms with van der Waals surface area (Å²) in [6, 6.07) is 0.454. The molecule has 1 rings (SSSR count). The van der Waals surface area contributed by atoms with Gasteiger partial charge in [0.25, 0.3) is 0 Å². The number of nitrogens with zero attached hydrogens (tertiary/aromatic N) is 1. The second-order valence-corrected chi connectivity index (χ2v) is 4.19. The number of rotatable bonds is 6. The first-order valence-corrected chi connectivity index (χ1v) is 5.97. The summed E-state index contributed by atoms with van der Waals surface area (Å²) in [5.41, 5.74) is 5.71. The fourth-order valence-electron chi connectivity index (χ4n) is 2.14. The Morgan fingerprint density at radius 3 is 3.00 bits per heavy atom. The van der Waals surface area contributed by atoms with Crippen molar-refractivity contribution in [1.29, 1.82) is 0 Å². The Bertz CT molecular complexity index is 167. The van der Waals surface area contributed by atoms with Crippen LogP contribution >= 0.6 is 0 Å². The molecule has 1 aliphatic rings. The van der Waals surface area contributed by atoms with E-state index in [1.807, 2.05) is 6.92 Å². The van der Waals surface area contributed by atoms with Crippen LogP contribution in [-0.4, -0.2) is 55.0 Å². The van der Waals surface area contributed by atoms with Crippen LogP contribution in [0.4, 0.5) is 0 Å². The molecule has 15 heavy (non-hydrogen) atoms. The molecule has 2 atom stereocenters. The molecule has 0 radical (unpaired) electrons. The monoisotopic (exact) mass is 216 g/mol. The van der Waals surface area contributed by atoms with Crippen molar-refractivity contribution in [2.24, 2.45) is 5.73 Å². The van der Waals surface area contributed by atoms with Crippen LogP contribution in [0.3, 0.4) is 0 Å². The average molecular weight is 216 g/mol. The number of piperidine rings is 1. The van der Waals surface area contributed by atoms with Crippen molar-refractivity contribution >= 4 is 0 Å². The molecule has 1 saturated heterocycles. The van der Waals surface area contributed by atoms with Crippen LogP contribution < -0.4 is 5.73 Å². The smallest absolute Gasteiger partial charge is 0.0900 e. The van der Waals surface area contributed by atoms with E-state index in [-0.39, 0.29) is 6.10 Å². The Hall–Kier alpha value is -0.160. The highest BCUT2D eigenvalue weighted by atomic mass is 16.5. The Morgan fingerprint density at radius 1 is 1.53 bits per heavy atom. The SMILES string of the molecule is CCOCC(O)CN1CCCCC1CN. The molecule has 0 saturated carbocycles. The van der Waals surface area contributed by atoms with Gasteiger partial charge in [-0.3, -0.25) is 4.90 Å². The third-order valence-corrected chi connectivity index (χ3v) is 2.98. The van der Waals surface area contributed by atoms with E-state index in [0.29, 0.717) is 32.3 Å². The number of ether oxygens (including phenoxy) is 1. The van der Waals surface area contributed by atoms with Crippen molar-refractivity contribution in [2.45, 2.75) is 38.3 Å². The molecule has 0 bridgehead atoms. The summed E-state index contributed by atoms with van der Waals surface area (Å²) in [5.74, 6) is 0. The van der Waals surface area contributed by atoms with Crippen molar-refractivity contribution in [3.05, 3.63) is 0 Å². The molecule has 1 fully saturated rings. The lowest BCUT2D eigenvalue weighted by molar-refractivity contribution is 0.00672. The van der Waals surface area contributed by atoms with E-state index in [2.05, 4.69) is 4.90 Å². The predicted molar refractivity (Wildman–Crippen MR) is 60.8 cm³/mol. The van der Waals surface area contributed by atoms with E-state index in [1.54, 1.807) is 0 Å². The van der Waals surface area contributed by atoms with Gasteiger partial charge in [-0.15, -0.1) is 0 Å². The lowest BCUT2D eigenvalue weighted by Gasteiger charge is -2.36. The van der Waals surface area contributed by atoms with Gasteiger partial charge in [-0.2, -0.15) is 0 Å². The first-order chi connectivity index (χ1) is 7.27. The molecule has 3 N–H and O–H groups in total. The van der Waals surface area contributed by atoms with Crippen molar-refractivity contribution in [2.75, 3.05) is 32.8 Å². The summed E-state index contributed by atoms with van der Waals surface area (Å²) in [5, 5.41) is 9.74. The molecule has 0 aliphatic carbocycles. The average Bonchev–Trinajstić information content (AvgIpc) is 2.27. The third kappa shape index (κ3) is 4.47. The Labute approximate surface area is 92.4 Å². The summed E-state index contributed by atoms with van der Waals surface area (Å²) < 4.78 is 5.20. The molecule has 4 nitrogen and oxygen atoms in total. The molecular weight excluding hydrogens is 192 g/mol. The molecule has 0 spiro atoms. The maximum atomic E-state index is 9.74. The van der Waals surface area contributed by atoms with Crippen molar-refractivity contribution in [3.63, 3.8) is 0 Å². The van der Waals surface area contributed by atoms with Gasteiger partial charge in [0.1, 0.15) is 0 Å². The van der Waals surface area contributed by atoms with E-state index in [4.69, 9.17) is 10.5 Å². The summed E-state index contributed by atoms with van der Waals surface area (Å²) >= 11 is 0. The Kier molecular flexibility index (Phi) is 6.17. The van der Waals surface area contributed by atoms with E-state index >= 15 is 0 Å². The zero-order chi connectivity index (χ0) is 11.1. The number of nitrogens with two attached hydrogens (primary N) is 1. The number of hydrogen-bond acceptors (Lipinski definition) is 4. The predicted octanol–water partition coefficient (Wildman–Crippen LogP) is 0.197. The standard InChI is InChI=1S/C11H24N2O2/c1-2-15-9-11(14)8-13-6-4-3-5-10(13)7-12/h10-11,14H,2-9,12H2,1H3. The second kappa shape index (κ2) is 7.17. The van der Waals surface area contributed by atoms with Crippen molar-refractivity contribution in [1.82, 2.24) is 4.90 Å². The van der Waals surface area contributed by atoms with E-state index in [9.17, 15) is 5.11 Å². The molecule has 0 amide bonds. The first-order valence-electron chi connectivity index (χ1n) is 5.97. The first kappa shape index (κ1) is 12.9. The minimum Gasteiger partial charge on any atom is -0.389 e. The molecule has 4 heteroatoms. The van der Waals surface area contributed by atoms with Crippen LogP contribution in [0.1, 0.15) is 26.2 Å². The lowest BCUT2D eigenvalue weighted by Crippen LogP contribution is -2.48. The maximum absolute atomic E-state index is 9.74. The van der Waals surface area contributed by atoms with Gasteiger partial charge in [0, 0.05) is 25.7 Å². The number of likely N-dealkylation sites (tertiary alicyclic amines) is 1. The Morgan fingerprint density at radius 2 is 2.33 bits per heavy atom. The van der Waals surface area contributed by atoms with Gasteiger partial charge in [0.15, 0.2) is 0 Å². The van der Waals surface area contributed by atoms with Gasteiger partial charge in [-0.1, -0.05) is 6.42 Å². The summed E-state index contributed by atoms with van der Waals surface area (Å²) in [6.45, 7) is 5.49. The van der Waals surface area contributed by atoms with Gasteiger partial charge in [0.05, 0.1) is 12.7 Å². The number of aliphatic hydroxyl groups excluding tert-OH is 1. The van der Waals surface area contributed by atoms with Crippen LogP contribution in [0.2, 0.25) is 0 Å². The molecule has 0 aromatic heterocycles. The van der Waals surface area contributed by atoms with Crippen LogP contribution in [0.25, 0.3) is 0 Å². The van der Waals surface area contributed by atoms with Crippen LogP contribution in [0.15, 0.2) is 0 Å². The van der Waals surface area contributed by atoms with Gasteiger partial charge < -0.3 is 15.6 Å². The van der Waals surface area contributed by atoms with Crippen LogP contribution in [0.5, 0.6) is 0 Å². The molecule has 90 valence electrons. The van der Waals surface area contributed by atoms with Gasteiger partial charge >= 0.3 is 0 Å². The van der Waals surface area contributed by atoms with E-state index in [1.165, 1.54) is 12.8 Å². The highest BCUT2D eigenvalue weighted by molar-refractivity contribution is 4.79. The zero-order valence-corrected chi connectivity index (χ0v) is 9.69. The van der Waals surface area contributed by atoms with E-state index < -0.39 is 0 Å². The largest absolute Gasteiger partial charge is 0.389 e. The minimum absolute atomic E-state index is 0.378. The molecule has 0 aromatic carbocycles. The van der Waals surface area contributed by atoms with Gasteiger partial charge in [-0.05, 0) is 26.3 Å². The normalized spacial score (nSPS) is 25.4. The van der Waals surface area contributed by atoms with Crippen molar-refractivity contribution < 1.29 is 9.84 Å². The molecule has 1 aliphatic heterocycles. The molecule has 1 heterocycles. The summed E-state index contributed by atoms with van der Waals surface area (Å²) in [6.07, 6.45) is 3.27. The van der Waals surface area contributed by atoms with E-state index in [0.717, 1.165) is 13.0 Å². The lowest BCUT2D eigenvalue weighted by atomic mass is 10.0. The van der Waals surface area contributed by atoms with Crippen LogP contribution in [-0.2, 0) is 4.74 Å². The molecular formula is C11H24N2O2. The summed E-state index contributed by atoms with van der Waals surface area (Å²) in [4.78, 5) is 2.30. The quantitative estimate of drug-likeness (QED) is 0.666. The Balaban J connectivity index is 2.27. The van der Waals surface area contributed by atoms with Crippen molar-refractivity contribution in [3.8, 4) is 0 Å². The highest BCUT2D eigenvalue weighted by Crippen LogP contribution is 2.16. The number of hydrogen-bond donors (Lipinski definition) is 2. The molecule has 2 unspecified atom stereocenters. The minimum atomic E-state index is -0.378. The van der Waals surface area contributed by atoms with Crippen LogP contribution in [0, 0.1) is 0 Å². The third-order valence-electron chi connectivity index (χ3n) is 2.98. The van der Waals surface area contributed by atoms with Gasteiger partial charge in [-0.25, -0.2) is 0 Å². The summed E-state index contributed by atoms with van der Waals surface area (Å²) in [7, 11) is 0. The highest BCUT2D eigenvalue weighted by Gasteiger charge is 2.22. The second-order valence-electron chi connectivity index (χ2n) is 4.19. The fourth-order valence-corrected chi connectivity index (χ4v) is 2.14. The maximum Gasteiger partial charge on any atom is 0.0900 e. The topological polar surface area (TPSA) is 58.7 Å². The van der Waals surface area contributed by atoms with Gasteiger partial charge in [0.2, 0.25) is 0 Å². The zero-order valence-electron chi connectivity index (χ0n) is 9.69. The number of aliphatic hydroxyl groups is 1. The fraction of sp³-hybridized carbons (Fsp3) is 1.00. The number of β-amino-alcohol motifs (C(OH)–C–C–N with tert-alkyl or cyclic N) is 1.